The third-order valence-corrected chi connectivity index (χ3v) is 4.97. The Bertz CT molecular complexity index is 964. The van der Waals surface area contributed by atoms with Crippen LogP contribution in [-0.2, 0) is 13.2 Å². The van der Waals surface area contributed by atoms with Gasteiger partial charge in [-0.3, -0.25) is 9.48 Å². The van der Waals surface area contributed by atoms with Crippen molar-refractivity contribution in [3.63, 3.8) is 0 Å². The number of nitrogens with one attached hydrogen (secondary N) is 2. The van der Waals surface area contributed by atoms with Crippen molar-refractivity contribution in [1.82, 2.24) is 25.1 Å². The van der Waals surface area contributed by atoms with Crippen molar-refractivity contribution in [1.29, 1.82) is 0 Å². The monoisotopic (exact) mass is 410 g/mol. The van der Waals surface area contributed by atoms with E-state index in [2.05, 4.69) is 25.7 Å². The molecule has 7 nitrogen and oxygen atoms in total. The lowest BCUT2D eigenvalue weighted by Crippen LogP contribution is -2.28. The Balaban J connectivity index is 1.51. The van der Waals surface area contributed by atoms with Gasteiger partial charge in [0.2, 0.25) is 0 Å². The Labute approximate surface area is 162 Å². The number of amides is 1. The normalized spacial score (nSPS) is 11.5. The van der Waals surface area contributed by atoms with Crippen molar-refractivity contribution in [3.8, 4) is 10.6 Å². The third-order valence-electron chi connectivity index (χ3n) is 3.76. The van der Waals surface area contributed by atoms with E-state index in [1.165, 1.54) is 17.4 Å². The van der Waals surface area contributed by atoms with Crippen LogP contribution >= 0.6 is 11.3 Å². The Morgan fingerprint density at radius 3 is 2.64 bits per heavy atom. The van der Waals surface area contributed by atoms with Gasteiger partial charge in [-0.2, -0.15) is 18.3 Å². The molecule has 0 fully saturated rings. The number of hydrogen-bond acceptors (Lipinski definition) is 6. The molecule has 0 aliphatic rings. The number of carbonyl (C=O) groups excluding carboxylic acids is 1. The second kappa shape index (κ2) is 7.97. The van der Waals surface area contributed by atoms with Gasteiger partial charge in [0.25, 0.3) is 5.91 Å². The second-order valence-corrected chi connectivity index (χ2v) is 6.95. The molecular formula is C17H17F3N6OS. The highest BCUT2D eigenvalue weighted by Crippen LogP contribution is 2.29. The number of nitrogens with zero attached hydrogens (tertiary/aromatic N) is 4. The molecule has 0 atom stereocenters. The largest absolute Gasteiger partial charge is 0.417 e. The summed E-state index contributed by atoms with van der Waals surface area (Å²) in [5.74, 6) is 0.0439. The van der Waals surface area contributed by atoms with Crippen molar-refractivity contribution in [2.45, 2.75) is 13.1 Å². The fourth-order valence-corrected chi connectivity index (χ4v) is 3.33. The number of anilines is 1. The van der Waals surface area contributed by atoms with Gasteiger partial charge in [0.05, 0.1) is 17.5 Å². The number of thiazole rings is 1. The Morgan fingerprint density at radius 2 is 2.04 bits per heavy atom. The first-order valence-electron chi connectivity index (χ1n) is 8.26. The van der Waals surface area contributed by atoms with E-state index in [0.29, 0.717) is 27.9 Å². The fraction of sp³-hybridized carbons (Fsp3) is 0.294. The van der Waals surface area contributed by atoms with Crippen LogP contribution in [0.2, 0.25) is 0 Å². The first kappa shape index (κ1) is 19.8. The van der Waals surface area contributed by atoms with Crippen LogP contribution in [0, 0.1) is 6.92 Å². The van der Waals surface area contributed by atoms with E-state index in [0.717, 1.165) is 17.8 Å². The fourth-order valence-electron chi connectivity index (χ4n) is 2.38. The predicted molar refractivity (Wildman–Crippen MR) is 99.1 cm³/mol. The van der Waals surface area contributed by atoms with Gasteiger partial charge < -0.3 is 10.6 Å². The van der Waals surface area contributed by atoms with E-state index in [1.807, 2.05) is 6.20 Å². The number of aromatic nitrogens is 4. The van der Waals surface area contributed by atoms with E-state index >= 15 is 0 Å². The van der Waals surface area contributed by atoms with Crippen LogP contribution in [0.5, 0.6) is 0 Å². The van der Waals surface area contributed by atoms with E-state index in [4.69, 9.17) is 0 Å². The quantitative estimate of drug-likeness (QED) is 0.610. The number of hydrogen-bond donors (Lipinski definition) is 2. The van der Waals surface area contributed by atoms with Gasteiger partial charge in [0, 0.05) is 38.1 Å². The molecular weight excluding hydrogens is 393 g/mol. The van der Waals surface area contributed by atoms with Crippen molar-refractivity contribution < 1.29 is 18.0 Å². The van der Waals surface area contributed by atoms with Gasteiger partial charge in [-0.15, -0.1) is 11.3 Å². The van der Waals surface area contributed by atoms with Crippen molar-refractivity contribution in [3.05, 3.63) is 46.9 Å². The number of rotatable bonds is 6. The lowest BCUT2D eigenvalue weighted by Gasteiger charge is -2.09. The smallest absolute Gasteiger partial charge is 0.368 e. The van der Waals surface area contributed by atoms with E-state index < -0.39 is 11.7 Å². The molecule has 0 saturated carbocycles. The summed E-state index contributed by atoms with van der Waals surface area (Å²) >= 11 is 1.28. The molecule has 3 heterocycles. The molecule has 2 N–H and O–H groups in total. The number of alkyl halides is 3. The molecule has 0 aromatic carbocycles. The Hall–Kier alpha value is -2.95. The van der Waals surface area contributed by atoms with E-state index in [9.17, 15) is 18.0 Å². The molecule has 0 aliphatic carbocycles. The molecule has 3 aromatic rings. The van der Waals surface area contributed by atoms with Gasteiger partial charge in [-0.25, -0.2) is 9.97 Å². The summed E-state index contributed by atoms with van der Waals surface area (Å²) in [6, 6.07) is 2.20. The average molecular weight is 410 g/mol. The van der Waals surface area contributed by atoms with Gasteiger partial charge in [0.1, 0.15) is 15.7 Å². The summed E-state index contributed by atoms with van der Waals surface area (Å²) in [4.78, 5) is 21.0. The molecule has 3 aromatic heterocycles. The van der Waals surface area contributed by atoms with Crippen LogP contribution in [0.4, 0.5) is 19.0 Å². The number of carbonyl (C=O) groups is 1. The number of halogens is 3. The molecule has 0 radical (unpaired) electrons. The molecule has 0 saturated heterocycles. The summed E-state index contributed by atoms with van der Waals surface area (Å²) in [7, 11) is 1.80. The third kappa shape index (κ3) is 4.66. The average Bonchev–Trinajstić information content (AvgIpc) is 3.24. The van der Waals surface area contributed by atoms with Crippen LogP contribution in [0.15, 0.2) is 30.7 Å². The molecule has 0 aliphatic heterocycles. The predicted octanol–water partition coefficient (Wildman–Crippen LogP) is 3.11. The van der Waals surface area contributed by atoms with Crippen molar-refractivity contribution in [2.24, 2.45) is 7.05 Å². The van der Waals surface area contributed by atoms with Crippen molar-refractivity contribution >= 4 is 23.1 Å². The maximum absolute atomic E-state index is 12.5. The maximum Gasteiger partial charge on any atom is 0.417 e. The minimum atomic E-state index is -4.42. The lowest BCUT2D eigenvalue weighted by molar-refractivity contribution is -0.137. The van der Waals surface area contributed by atoms with Crippen LogP contribution in [0.25, 0.3) is 10.6 Å². The number of pyridine rings is 1. The van der Waals surface area contributed by atoms with Gasteiger partial charge >= 0.3 is 6.18 Å². The van der Waals surface area contributed by atoms with E-state index in [1.54, 1.807) is 24.9 Å². The zero-order valence-corrected chi connectivity index (χ0v) is 15.9. The zero-order valence-electron chi connectivity index (χ0n) is 15.0. The summed E-state index contributed by atoms with van der Waals surface area (Å²) in [6.07, 6.45) is -0.149. The zero-order chi connectivity index (χ0) is 20.3. The second-order valence-electron chi connectivity index (χ2n) is 5.95. The van der Waals surface area contributed by atoms with Gasteiger partial charge in [-0.1, -0.05) is 0 Å². The standard InChI is InChI=1S/C17H17F3N6OS/c1-10-14(28-16(25-10)11-7-24-26(2)9-11)15(27)22-6-5-21-13-4-3-12(8-23-13)17(18,19)20/h3-4,7-9H,5-6H2,1-2H3,(H,21,23)(H,22,27). The van der Waals surface area contributed by atoms with Crippen LogP contribution in [-0.4, -0.2) is 38.7 Å². The molecule has 11 heteroatoms. The highest BCUT2D eigenvalue weighted by atomic mass is 32.1. The topological polar surface area (TPSA) is 84.7 Å². The number of aryl methyl sites for hydroxylation is 2. The van der Waals surface area contributed by atoms with Crippen LogP contribution in [0.1, 0.15) is 20.9 Å². The molecule has 0 spiro atoms. The molecule has 3 rings (SSSR count). The maximum atomic E-state index is 12.5. The molecule has 0 unspecified atom stereocenters. The van der Waals surface area contributed by atoms with Crippen LogP contribution < -0.4 is 10.6 Å². The summed E-state index contributed by atoms with van der Waals surface area (Å²) in [5, 5.41) is 10.4. The highest BCUT2D eigenvalue weighted by Gasteiger charge is 2.30. The highest BCUT2D eigenvalue weighted by molar-refractivity contribution is 7.17. The Morgan fingerprint density at radius 1 is 1.25 bits per heavy atom. The van der Waals surface area contributed by atoms with Crippen molar-refractivity contribution in [2.75, 3.05) is 18.4 Å². The first-order chi connectivity index (χ1) is 13.2. The first-order valence-corrected chi connectivity index (χ1v) is 9.07. The van der Waals surface area contributed by atoms with E-state index in [-0.39, 0.29) is 12.5 Å². The SMILES string of the molecule is Cc1nc(-c2cnn(C)c2)sc1C(=O)NCCNc1ccc(C(F)(F)F)cn1. The lowest BCUT2D eigenvalue weighted by atomic mass is 10.3. The van der Waals surface area contributed by atoms with Crippen LogP contribution in [0.3, 0.4) is 0 Å². The summed E-state index contributed by atoms with van der Waals surface area (Å²) in [5.41, 5.74) is 0.653. The molecule has 148 valence electrons. The molecule has 28 heavy (non-hydrogen) atoms. The van der Waals surface area contributed by atoms with Gasteiger partial charge in [0.15, 0.2) is 0 Å². The summed E-state index contributed by atoms with van der Waals surface area (Å²) < 4.78 is 39.2. The molecule has 0 bridgehead atoms. The Kier molecular flexibility index (Phi) is 5.63. The minimum Gasteiger partial charge on any atom is -0.368 e. The minimum absolute atomic E-state index is 0.257. The van der Waals surface area contributed by atoms with Gasteiger partial charge in [-0.05, 0) is 19.1 Å². The summed E-state index contributed by atoms with van der Waals surface area (Å²) in [6.45, 7) is 2.36. The molecule has 1 amide bonds.